The van der Waals surface area contributed by atoms with Gasteiger partial charge in [0.25, 0.3) is 0 Å². The molecular weight excluding hydrogens is 236 g/mol. The van der Waals surface area contributed by atoms with Gasteiger partial charge in [0.2, 0.25) is 0 Å². The van der Waals surface area contributed by atoms with Crippen molar-refractivity contribution in [3.63, 3.8) is 0 Å². The maximum atomic E-state index is 10.7. The summed E-state index contributed by atoms with van der Waals surface area (Å²) in [7, 11) is 0. The maximum absolute atomic E-state index is 10.7. The van der Waals surface area contributed by atoms with Crippen LogP contribution in [0.4, 0.5) is 0 Å². The van der Waals surface area contributed by atoms with E-state index in [9.17, 15) is 4.79 Å². The van der Waals surface area contributed by atoms with E-state index in [0.717, 1.165) is 18.4 Å². The Morgan fingerprint density at radius 3 is 2.32 bits per heavy atom. The number of hydrogen-bond donors (Lipinski definition) is 1. The molecule has 0 bridgehead atoms. The van der Waals surface area contributed by atoms with Crippen LogP contribution >= 0.6 is 0 Å². The van der Waals surface area contributed by atoms with Gasteiger partial charge in [0.1, 0.15) is 0 Å². The van der Waals surface area contributed by atoms with Crippen LogP contribution in [-0.4, -0.2) is 11.1 Å². The van der Waals surface area contributed by atoms with E-state index in [1.165, 1.54) is 17.2 Å². The van der Waals surface area contributed by atoms with Gasteiger partial charge in [-0.05, 0) is 47.4 Å². The van der Waals surface area contributed by atoms with Crippen LogP contribution in [-0.2, 0) is 17.6 Å². The highest BCUT2D eigenvalue weighted by Gasteiger charge is 2.06. The van der Waals surface area contributed by atoms with Gasteiger partial charge in [-0.3, -0.25) is 0 Å². The minimum Gasteiger partial charge on any atom is -0.478 e. The van der Waals surface area contributed by atoms with Gasteiger partial charge < -0.3 is 5.11 Å². The third kappa shape index (κ3) is 5.73. The Bertz CT molecular complexity index is 456. The van der Waals surface area contributed by atoms with Crippen LogP contribution in [0.15, 0.2) is 24.3 Å². The maximum Gasteiger partial charge on any atom is 0.328 e. The number of carboxylic acids is 1. The van der Waals surface area contributed by atoms with Gasteiger partial charge in [-0.25, -0.2) is 4.79 Å². The molecule has 0 radical (unpaired) electrons. The molecule has 104 valence electrons. The molecule has 0 unspecified atom stereocenters. The molecule has 0 saturated carbocycles. The smallest absolute Gasteiger partial charge is 0.328 e. The quantitative estimate of drug-likeness (QED) is 0.779. The van der Waals surface area contributed by atoms with Crippen LogP contribution in [0, 0.1) is 11.8 Å². The third-order valence-corrected chi connectivity index (χ3v) is 2.89. The fourth-order valence-corrected chi connectivity index (χ4v) is 2.18. The minimum atomic E-state index is -0.898. The highest BCUT2D eigenvalue weighted by molar-refractivity contribution is 5.85. The third-order valence-electron chi connectivity index (χ3n) is 2.89. The number of aliphatic carboxylic acids is 1. The second-order valence-corrected chi connectivity index (χ2v) is 5.90. The van der Waals surface area contributed by atoms with Gasteiger partial charge in [-0.15, -0.1) is 0 Å². The largest absolute Gasteiger partial charge is 0.478 e. The summed E-state index contributed by atoms with van der Waals surface area (Å²) < 4.78 is 0. The first-order valence-corrected chi connectivity index (χ1v) is 6.91. The second kappa shape index (κ2) is 7.13. The lowest BCUT2D eigenvalue weighted by atomic mass is 9.93. The SMILES string of the molecule is CC(C)Cc1ccc(CC(C)C)c(C=CC(=O)O)c1. The van der Waals surface area contributed by atoms with Crippen molar-refractivity contribution >= 4 is 12.0 Å². The lowest BCUT2D eigenvalue weighted by Crippen LogP contribution is -2.00. The van der Waals surface area contributed by atoms with Crippen molar-refractivity contribution in [2.24, 2.45) is 11.8 Å². The molecular formula is C17H24O2. The number of benzene rings is 1. The van der Waals surface area contributed by atoms with Crippen LogP contribution < -0.4 is 0 Å². The van der Waals surface area contributed by atoms with Crippen LogP contribution in [0.2, 0.25) is 0 Å². The van der Waals surface area contributed by atoms with Gasteiger partial charge in [0.15, 0.2) is 0 Å². The molecule has 0 aliphatic carbocycles. The summed E-state index contributed by atoms with van der Waals surface area (Å²) in [4.78, 5) is 10.7. The first-order chi connectivity index (χ1) is 8.88. The zero-order chi connectivity index (χ0) is 14.4. The van der Waals surface area contributed by atoms with E-state index < -0.39 is 5.97 Å². The Labute approximate surface area is 116 Å². The molecule has 1 aromatic carbocycles. The monoisotopic (exact) mass is 260 g/mol. The van der Waals surface area contributed by atoms with Crippen LogP contribution in [0.5, 0.6) is 0 Å². The molecule has 0 amide bonds. The highest BCUT2D eigenvalue weighted by atomic mass is 16.4. The topological polar surface area (TPSA) is 37.3 Å². The van der Waals surface area contributed by atoms with Crippen molar-refractivity contribution in [3.05, 3.63) is 41.0 Å². The molecule has 1 aromatic rings. The zero-order valence-electron chi connectivity index (χ0n) is 12.3. The average Bonchev–Trinajstić information content (AvgIpc) is 2.27. The number of rotatable bonds is 6. The lowest BCUT2D eigenvalue weighted by molar-refractivity contribution is -0.131. The van der Waals surface area contributed by atoms with Gasteiger partial charge in [0, 0.05) is 6.08 Å². The normalized spacial score (nSPS) is 11.7. The molecule has 0 aromatic heterocycles. The number of carbonyl (C=O) groups is 1. The van der Waals surface area contributed by atoms with Crippen molar-refractivity contribution in [2.75, 3.05) is 0 Å². The minimum absolute atomic E-state index is 0.563. The van der Waals surface area contributed by atoms with Crippen molar-refractivity contribution in [1.29, 1.82) is 0 Å². The molecule has 1 N–H and O–H groups in total. The number of hydrogen-bond acceptors (Lipinski definition) is 1. The highest BCUT2D eigenvalue weighted by Crippen LogP contribution is 2.19. The van der Waals surface area contributed by atoms with Crippen LogP contribution in [0.3, 0.4) is 0 Å². The molecule has 0 aliphatic rings. The molecule has 0 fully saturated rings. The van der Waals surface area contributed by atoms with E-state index in [-0.39, 0.29) is 0 Å². The summed E-state index contributed by atoms with van der Waals surface area (Å²) in [5.41, 5.74) is 3.53. The van der Waals surface area contributed by atoms with Crippen molar-refractivity contribution in [1.82, 2.24) is 0 Å². The number of carboxylic acid groups (broad SMARTS) is 1. The summed E-state index contributed by atoms with van der Waals surface area (Å²) in [6, 6.07) is 6.42. The molecule has 1 rings (SSSR count). The van der Waals surface area contributed by atoms with Crippen molar-refractivity contribution in [3.8, 4) is 0 Å². The Balaban J connectivity index is 3.06. The van der Waals surface area contributed by atoms with Crippen molar-refractivity contribution < 1.29 is 9.90 Å². The van der Waals surface area contributed by atoms with E-state index in [0.29, 0.717) is 11.8 Å². The molecule has 0 atom stereocenters. The molecule has 2 heteroatoms. The summed E-state index contributed by atoms with van der Waals surface area (Å²) in [5.74, 6) is 0.268. The summed E-state index contributed by atoms with van der Waals surface area (Å²) in [6.07, 6.45) is 4.93. The first-order valence-electron chi connectivity index (χ1n) is 6.91. The predicted octanol–water partition coefficient (Wildman–Crippen LogP) is 4.18. The first kappa shape index (κ1) is 15.5. The molecule has 0 aliphatic heterocycles. The Morgan fingerprint density at radius 2 is 1.79 bits per heavy atom. The molecule has 0 saturated heterocycles. The van der Waals surface area contributed by atoms with Gasteiger partial charge in [0.05, 0.1) is 0 Å². The van der Waals surface area contributed by atoms with E-state index in [2.05, 4.69) is 45.9 Å². The van der Waals surface area contributed by atoms with Crippen LogP contribution in [0.25, 0.3) is 6.08 Å². The fourth-order valence-electron chi connectivity index (χ4n) is 2.18. The summed E-state index contributed by atoms with van der Waals surface area (Å²) >= 11 is 0. The summed E-state index contributed by atoms with van der Waals surface area (Å²) in [6.45, 7) is 8.73. The molecule has 0 heterocycles. The van der Waals surface area contributed by atoms with Gasteiger partial charge in [-0.1, -0.05) is 45.9 Å². The summed E-state index contributed by atoms with van der Waals surface area (Å²) in [5, 5.41) is 8.78. The van der Waals surface area contributed by atoms with Gasteiger partial charge in [-0.2, -0.15) is 0 Å². The van der Waals surface area contributed by atoms with Gasteiger partial charge >= 0.3 is 5.97 Å². The van der Waals surface area contributed by atoms with E-state index in [1.54, 1.807) is 6.08 Å². The van der Waals surface area contributed by atoms with E-state index in [4.69, 9.17) is 5.11 Å². The average molecular weight is 260 g/mol. The molecule has 19 heavy (non-hydrogen) atoms. The molecule has 2 nitrogen and oxygen atoms in total. The Hall–Kier alpha value is -1.57. The standard InChI is InChI=1S/C17H24O2/c1-12(2)9-14-5-6-15(10-13(3)4)16(11-14)7-8-17(18)19/h5-8,11-13H,9-10H2,1-4H3,(H,18,19). The molecule has 0 spiro atoms. The fraction of sp³-hybridized carbons (Fsp3) is 0.471. The second-order valence-electron chi connectivity index (χ2n) is 5.90. The van der Waals surface area contributed by atoms with Crippen LogP contribution in [0.1, 0.15) is 44.4 Å². The zero-order valence-corrected chi connectivity index (χ0v) is 12.3. The van der Waals surface area contributed by atoms with E-state index >= 15 is 0 Å². The Kier molecular flexibility index (Phi) is 5.81. The van der Waals surface area contributed by atoms with Crippen molar-refractivity contribution in [2.45, 2.75) is 40.5 Å². The Morgan fingerprint density at radius 1 is 1.16 bits per heavy atom. The lowest BCUT2D eigenvalue weighted by Gasteiger charge is -2.12. The van der Waals surface area contributed by atoms with E-state index in [1.807, 2.05) is 0 Å². The predicted molar refractivity (Wildman–Crippen MR) is 80.2 cm³/mol.